The number of hydrogen-bond acceptors (Lipinski definition) is 7. The maximum Gasteiger partial charge on any atom is 0.162 e. The zero-order valence-electron chi connectivity index (χ0n) is 21.0. The van der Waals surface area contributed by atoms with Gasteiger partial charge >= 0.3 is 0 Å². The molecule has 1 aromatic carbocycles. The molecule has 37 heavy (non-hydrogen) atoms. The summed E-state index contributed by atoms with van der Waals surface area (Å²) < 4.78 is 29.0. The van der Waals surface area contributed by atoms with E-state index in [0.717, 1.165) is 29.8 Å². The summed E-state index contributed by atoms with van der Waals surface area (Å²) in [6, 6.07) is 7.49. The molecule has 0 saturated heterocycles. The van der Waals surface area contributed by atoms with Crippen LogP contribution in [0.5, 0.6) is 0 Å². The van der Waals surface area contributed by atoms with Gasteiger partial charge in [0.2, 0.25) is 0 Å². The molecule has 2 atom stereocenters. The second-order valence-electron chi connectivity index (χ2n) is 11.0. The fourth-order valence-electron chi connectivity index (χ4n) is 6.25. The summed E-state index contributed by atoms with van der Waals surface area (Å²) in [5.41, 5.74) is 1.30. The topological polar surface area (TPSA) is 97.6 Å². The van der Waals surface area contributed by atoms with Crippen LogP contribution in [-0.4, -0.2) is 35.2 Å². The fourth-order valence-corrected chi connectivity index (χ4v) is 6.25. The van der Waals surface area contributed by atoms with Crippen LogP contribution in [0.1, 0.15) is 69.2 Å². The number of aliphatic hydroxyl groups is 1. The van der Waals surface area contributed by atoms with Crippen molar-refractivity contribution in [3.63, 3.8) is 0 Å². The van der Waals surface area contributed by atoms with Crippen LogP contribution >= 0.6 is 0 Å². The smallest absolute Gasteiger partial charge is 0.162 e. The van der Waals surface area contributed by atoms with Crippen LogP contribution in [0.25, 0.3) is 22.6 Å². The van der Waals surface area contributed by atoms with Crippen molar-refractivity contribution in [2.75, 3.05) is 0 Å². The highest BCUT2D eigenvalue weighted by Gasteiger charge is 2.65. The first kappa shape index (κ1) is 23.7. The van der Waals surface area contributed by atoms with Crippen LogP contribution in [0.3, 0.4) is 0 Å². The molecule has 0 radical (unpaired) electrons. The van der Waals surface area contributed by atoms with Crippen LogP contribution in [0.4, 0.5) is 8.78 Å². The third-order valence-electron chi connectivity index (χ3n) is 8.15. The Morgan fingerprint density at radius 1 is 1.00 bits per heavy atom. The first-order valence-corrected chi connectivity index (χ1v) is 12.3. The van der Waals surface area contributed by atoms with Crippen molar-refractivity contribution >= 4 is 0 Å². The van der Waals surface area contributed by atoms with Gasteiger partial charge < -0.3 is 5.11 Å². The molecule has 0 amide bonds. The third kappa shape index (κ3) is 3.33. The molecule has 3 aromatic heterocycles. The average molecular weight is 501 g/mol. The summed E-state index contributed by atoms with van der Waals surface area (Å²) in [5.74, 6) is -0.401. The average Bonchev–Trinajstić information content (AvgIpc) is 3.24. The van der Waals surface area contributed by atoms with Crippen molar-refractivity contribution in [1.82, 2.24) is 30.1 Å². The lowest BCUT2D eigenvalue weighted by Crippen LogP contribution is -2.38. The maximum absolute atomic E-state index is 14.5. The van der Waals surface area contributed by atoms with E-state index >= 15 is 0 Å². The van der Waals surface area contributed by atoms with Crippen LogP contribution in [0.15, 0.2) is 48.9 Å². The van der Waals surface area contributed by atoms with Crippen LogP contribution < -0.4 is 0 Å². The molecule has 1 saturated carbocycles. The van der Waals surface area contributed by atoms with Gasteiger partial charge in [0.1, 0.15) is 17.2 Å². The molecule has 2 aliphatic rings. The predicted molar refractivity (Wildman–Crippen MR) is 132 cm³/mol. The predicted octanol–water partition coefficient (Wildman–Crippen LogP) is 5.10. The van der Waals surface area contributed by atoms with Gasteiger partial charge in [-0.15, -0.1) is 5.10 Å². The molecule has 3 heterocycles. The number of rotatable bonds is 4. The molecule has 1 fully saturated rings. The molecule has 7 nitrogen and oxygen atoms in total. The summed E-state index contributed by atoms with van der Waals surface area (Å²) in [4.78, 5) is 18.0. The van der Waals surface area contributed by atoms with E-state index in [1.165, 1.54) is 18.2 Å². The summed E-state index contributed by atoms with van der Waals surface area (Å²) in [5, 5.41) is 19.1. The second-order valence-corrected chi connectivity index (χ2v) is 11.0. The molecule has 0 spiro atoms. The number of hydrogen-bond donors (Lipinski definition) is 1. The zero-order valence-corrected chi connectivity index (χ0v) is 21.0. The van der Waals surface area contributed by atoms with E-state index in [4.69, 9.17) is 4.98 Å². The summed E-state index contributed by atoms with van der Waals surface area (Å²) in [6.07, 6.45) is 6.65. The lowest BCUT2D eigenvalue weighted by atomic mass is 9.66. The van der Waals surface area contributed by atoms with Gasteiger partial charge in [-0.1, -0.05) is 19.9 Å². The SMILES string of the molecule is CC(C)(O)c1ncc(-c2nccc([C@@]34CC[C@@H](c5cc(-c6c(F)cccc6F)nnc53)C4(C)C)n2)cn1. The van der Waals surface area contributed by atoms with E-state index in [0.29, 0.717) is 17.2 Å². The fraction of sp³-hybridized carbons (Fsp3) is 0.357. The Bertz CT molecular complexity index is 1510. The monoisotopic (exact) mass is 500 g/mol. The largest absolute Gasteiger partial charge is 0.382 e. The quantitative estimate of drug-likeness (QED) is 0.416. The first-order chi connectivity index (χ1) is 17.5. The van der Waals surface area contributed by atoms with Gasteiger partial charge in [0.05, 0.1) is 33.6 Å². The molecule has 2 aliphatic carbocycles. The first-order valence-electron chi connectivity index (χ1n) is 12.3. The number of aromatic nitrogens is 6. The molecular weight excluding hydrogens is 474 g/mol. The number of nitrogens with zero attached hydrogens (tertiary/aromatic N) is 6. The lowest BCUT2D eigenvalue weighted by Gasteiger charge is -2.37. The van der Waals surface area contributed by atoms with E-state index in [-0.39, 0.29) is 22.6 Å². The van der Waals surface area contributed by atoms with E-state index in [2.05, 4.69) is 39.0 Å². The Labute approximate surface area is 213 Å². The molecule has 9 heteroatoms. The van der Waals surface area contributed by atoms with Gasteiger partial charge in [-0.25, -0.2) is 28.7 Å². The highest BCUT2D eigenvalue weighted by molar-refractivity contribution is 5.64. The van der Waals surface area contributed by atoms with Crippen LogP contribution in [-0.2, 0) is 11.0 Å². The van der Waals surface area contributed by atoms with Crippen molar-refractivity contribution < 1.29 is 13.9 Å². The van der Waals surface area contributed by atoms with Crippen molar-refractivity contribution in [3.8, 4) is 22.6 Å². The van der Waals surface area contributed by atoms with Crippen molar-refractivity contribution in [1.29, 1.82) is 0 Å². The Balaban J connectivity index is 1.46. The van der Waals surface area contributed by atoms with Crippen LogP contribution in [0.2, 0.25) is 0 Å². The van der Waals surface area contributed by atoms with Gasteiger partial charge in [0, 0.05) is 18.6 Å². The summed E-state index contributed by atoms with van der Waals surface area (Å²) in [7, 11) is 0. The zero-order chi connectivity index (χ0) is 26.2. The summed E-state index contributed by atoms with van der Waals surface area (Å²) in [6.45, 7) is 7.64. The number of fused-ring (bicyclic) bond motifs is 5. The minimum absolute atomic E-state index is 0.138. The molecule has 4 aromatic rings. The minimum atomic E-state index is -1.15. The molecule has 0 aliphatic heterocycles. The molecule has 2 bridgehead atoms. The van der Waals surface area contributed by atoms with E-state index in [1.54, 1.807) is 38.5 Å². The van der Waals surface area contributed by atoms with Gasteiger partial charge in [0.25, 0.3) is 0 Å². The molecule has 6 rings (SSSR count). The van der Waals surface area contributed by atoms with Gasteiger partial charge in [-0.3, -0.25) is 0 Å². The van der Waals surface area contributed by atoms with E-state index in [1.807, 2.05) is 6.07 Å². The molecule has 188 valence electrons. The van der Waals surface area contributed by atoms with E-state index < -0.39 is 22.7 Å². The van der Waals surface area contributed by atoms with Gasteiger partial charge in [-0.2, -0.15) is 5.10 Å². The minimum Gasteiger partial charge on any atom is -0.382 e. The normalized spacial score (nSPS) is 21.8. The van der Waals surface area contributed by atoms with E-state index in [9.17, 15) is 13.9 Å². The van der Waals surface area contributed by atoms with Gasteiger partial charge in [0.15, 0.2) is 11.6 Å². The Hall–Kier alpha value is -3.72. The number of halogens is 2. The van der Waals surface area contributed by atoms with Crippen molar-refractivity contribution in [2.45, 2.75) is 57.5 Å². The second kappa shape index (κ2) is 7.89. The van der Waals surface area contributed by atoms with Crippen LogP contribution in [0, 0.1) is 17.0 Å². The standard InChI is InChI=1S/C28H26F2N6O/c1-26(2)17-8-10-28(26,23-16(17)12-20(35-36-23)22-18(29)6-5-7-19(22)30)21-9-11-31-24(34-21)15-13-32-25(33-14-15)27(3,4)37/h5-7,9,11-14,17,37H,8,10H2,1-4H3/t17-,28-/m0/s1. The molecule has 0 unspecified atom stereocenters. The lowest BCUT2D eigenvalue weighted by molar-refractivity contribution is 0.0687. The maximum atomic E-state index is 14.5. The summed E-state index contributed by atoms with van der Waals surface area (Å²) >= 11 is 0. The highest BCUT2D eigenvalue weighted by atomic mass is 19.1. The van der Waals surface area contributed by atoms with Crippen molar-refractivity contribution in [2.24, 2.45) is 5.41 Å². The Kier molecular flexibility index (Phi) is 5.04. The third-order valence-corrected chi connectivity index (χ3v) is 8.15. The molecule has 1 N–H and O–H groups in total. The van der Waals surface area contributed by atoms with Gasteiger partial charge in [-0.05, 0) is 67.9 Å². The molecular formula is C28H26F2N6O. The highest BCUT2D eigenvalue weighted by Crippen LogP contribution is 2.69. The Morgan fingerprint density at radius 3 is 2.38 bits per heavy atom. The van der Waals surface area contributed by atoms with Crippen molar-refractivity contribution in [3.05, 3.63) is 83.3 Å². The number of benzene rings is 1. The Morgan fingerprint density at radius 2 is 1.70 bits per heavy atom.